The highest BCUT2D eigenvalue weighted by Crippen LogP contribution is 2.60. The quantitative estimate of drug-likeness (QED) is 0.542. The van der Waals surface area contributed by atoms with Crippen LogP contribution in [-0.4, -0.2) is 65.1 Å². The summed E-state index contributed by atoms with van der Waals surface area (Å²) < 4.78 is 23.1. The highest BCUT2D eigenvalue weighted by Gasteiger charge is 2.77. The first-order valence-corrected chi connectivity index (χ1v) is 9.61. The summed E-state index contributed by atoms with van der Waals surface area (Å²) in [5.74, 6) is -2.47. The van der Waals surface area contributed by atoms with Crippen LogP contribution in [0.4, 0.5) is 0 Å². The van der Waals surface area contributed by atoms with E-state index in [4.69, 9.17) is 18.9 Å². The molecule has 2 spiro atoms. The number of Topliss-reactive ketones (excluding diaryl/α,β-unsaturated/α-hetero) is 1. The Balaban J connectivity index is 1.96. The van der Waals surface area contributed by atoms with E-state index in [1.807, 2.05) is 0 Å². The maximum Gasteiger partial charge on any atom is 0.337 e. The first-order valence-electron chi connectivity index (χ1n) is 9.61. The van der Waals surface area contributed by atoms with Gasteiger partial charge >= 0.3 is 11.9 Å². The smallest absolute Gasteiger partial charge is 0.337 e. The lowest BCUT2D eigenvalue weighted by Crippen LogP contribution is -2.71. The summed E-state index contributed by atoms with van der Waals surface area (Å²) in [7, 11) is 1.43. The number of ether oxygens (including phenoxy) is 4. The number of carbonyl (C=O) groups is 3. The third kappa shape index (κ3) is 2.25. The Kier molecular flexibility index (Phi) is 4.10. The Morgan fingerprint density at radius 1 is 1.25 bits per heavy atom. The van der Waals surface area contributed by atoms with Crippen molar-refractivity contribution in [2.24, 2.45) is 5.92 Å². The lowest BCUT2D eigenvalue weighted by Gasteiger charge is -2.55. The van der Waals surface area contributed by atoms with Crippen LogP contribution < -0.4 is 0 Å². The molecule has 4 aliphatic rings. The van der Waals surface area contributed by atoms with E-state index in [0.717, 1.165) is 0 Å². The van der Waals surface area contributed by atoms with Crippen molar-refractivity contribution in [2.45, 2.75) is 75.0 Å². The largest absolute Gasteiger partial charge is 0.458 e. The first kappa shape index (κ1) is 19.5. The summed E-state index contributed by atoms with van der Waals surface area (Å²) >= 11 is 0. The van der Waals surface area contributed by atoms with Crippen molar-refractivity contribution < 1.29 is 38.4 Å². The summed E-state index contributed by atoms with van der Waals surface area (Å²) in [5, 5.41) is 10.9. The number of aliphatic hydroxyl groups is 1. The Hall–Kier alpha value is -1.77. The van der Waals surface area contributed by atoms with Crippen molar-refractivity contribution in [2.75, 3.05) is 13.7 Å². The van der Waals surface area contributed by atoms with Gasteiger partial charge in [-0.05, 0) is 33.6 Å². The molecule has 0 aliphatic carbocycles. The molecule has 0 amide bonds. The van der Waals surface area contributed by atoms with Crippen molar-refractivity contribution in [3.05, 3.63) is 11.6 Å². The van der Waals surface area contributed by atoms with E-state index >= 15 is 0 Å². The third-order valence-electron chi connectivity index (χ3n) is 6.90. The SMILES string of the molecule is C/C=C1/C(=O)O[C@]2(C)C[C@@H]3OC(=O)[C@H](COC)[C@]34O[C@]12CC[C@@](C)(O)CC4=O. The van der Waals surface area contributed by atoms with E-state index < -0.39 is 52.1 Å². The van der Waals surface area contributed by atoms with Crippen LogP contribution in [0.15, 0.2) is 11.6 Å². The minimum Gasteiger partial charge on any atom is -0.458 e. The fourth-order valence-corrected chi connectivity index (χ4v) is 5.45. The molecule has 4 rings (SSSR count). The second kappa shape index (κ2) is 5.87. The van der Waals surface area contributed by atoms with E-state index in [9.17, 15) is 19.5 Å². The molecule has 1 N–H and O–H groups in total. The van der Waals surface area contributed by atoms with Gasteiger partial charge in [-0.2, -0.15) is 0 Å². The van der Waals surface area contributed by atoms with Crippen LogP contribution in [0.25, 0.3) is 0 Å². The Bertz CT molecular complexity index is 785. The van der Waals surface area contributed by atoms with Crippen LogP contribution in [0.2, 0.25) is 0 Å². The van der Waals surface area contributed by atoms with Crippen molar-refractivity contribution in [3.63, 3.8) is 0 Å². The van der Waals surface area contributed by atoms with Gasteiger partial charge in [-0.25, -0.2) is 4.79 Å². The third-order valence-corrected chi connectivity index (χ3v) is 6.90. The van der Waals surface area contributed by atoms with Gasteiger partial charge in [-0.15, -0.1) is 0 Å². The molecule has 0 aromatic carbocycles. The van der Waals surface area contributed by atoms with Crippen LogP contribution in [0.5, 0.6) is 0 Å². The van der Waals surface area contributed by atoms with Crippen LogP contribution in [0.1, 0.15) is 46.5 Å². The lowest BCUT2D eigenvalue weighted by molar-refractivity contribution is -0.273. The Morgan fingerprint density at radius 2 is 1.96 bits per heavy atom. The Morgan fingerprint density at radius 3 is 2.61 bits per heavy atom. The molecule has 4 saturated heterocycles. The van der Waals surface area contributed by atoms with Crippen LogP contribution in [0, 0.1) is 5.92 Å². The van der Waals surface area contributed by atoms with Crippen molar-refractivity contribution in [1.29, 1.82) is 0 Å². The topological polar surface area (TPSA) is 108 Å². The highest BCUT2D eigenvalue weighted by atomic mass is 16.7. The Labute approximate surface area is 163 Å². The average molecular weight is 394 g/mol. The zero-order valence-electron chi connectivity index (χ0n) is 16.6. The number of hydrogen-bond acceptors (Lipinski definition) is 8. The van der Waals surface area contributed by atoms with Gasteiger partial charge in [0.25, 0.3) is 0 Å². The molecule has 2 bridgehead atoms. The fraction of sp³-hybridized carbons (Fsp3) is 0.750. The highest BCUT2D eigenvalue weighted by molar-refractivity contribution is 5.99. The summed E-state index contributed by atoms with van der Waals surface area (Å²) in [6.07, 6.45) is 1.21. The molecule has 4 aliphatic heterocycles. The monoisotopic (exact) mass is 394 g/mol. The van der Waals surface area contributed by atoms with Crippen molar-refractivity contribution in [1.82, 2.24) is 0 Å². The number of allylic oxidation sites excluding steroid dienone is 1. The number of esters is 2. The second-order valence-corrected chi connectivity index (χ2v) is 8.78. The van der Waals surface area contributed by atoms with Gasteiger partial charge in [0.15, 0.2) is 11.4 Å². The van der Waals surface area contributed by atoms with Crippen molar-refractivity contribution in [3.8, 4) is 0 Å². The number of ketones is 1. The molecule has 0 aromatic heterocycles. The molecule has 0 unspecified atom stereocenters. The van der Waals surface area contributed by atoms with E-state index in [-0.39, 0.29) is 32.3 Å². The molecule has 0 aromatic rings. The molecular formula is C20H26O8. The van der Waals surface area contributed by atoms with Gasteiger partial charge in [0.1, 0.15) is 23.2 Å². The predicted molar refractivity (Wildman–Crippen MR) is 94.1 cm³/mol. The molecule has 0 radical (unpaired) electrons. The molecule has 6 atom stereocenters. The zero-order valence-corrected chi connectivity index (χ0v) is 16.6. The minimum atomic E-state index is -1.63. The molecule has 4 fully saturated rings. The standard InChI is InChI=1S/C20H26O8/c1-5-11-16(23)27-18(3)9-14-20(12(10-25-4)15(22)26-14)13(21)8-17(2,24)6-7-19(11,18)28-20/h5,12,14,24H,6-10H2,1-4H3/b11-5-/t12-,14-,17+,18+,19+,20+/m0/s1. The van der Waals surface area contributed by atoms with Crippen LogP contribution in [0.3, 0.4) is 0 Å². The number of methoxy groups -OCH3 is 1. The van der Waals surface area contributed by atoms with Gasteiger partial charge in [-0.1, -0.05) is 6.08 Å². The van der Waals surface area contributed by atoms with E-state index in [0.29, 0.717) is 5.57 Å². The van der Waals surface area contributed by atoms with E-state index in [1.165, 1.54) is 7.11 Å². The maximum atomic E-state index is 13.5. The molecule has 0 saturated carbocycles. The second-order valence-electron chi connectivity index (χ2n) is 8.78. The molecule has 154 valence electrons. The summed E-state index contributed by atoms with van der Waals surface area (Å²) in [5.41, 5.74) is -4.99. The molecule has 8 heteroatoms. The number of carbonyl (C=O) groups excluding carboxylic acids is 3. The zero-order chi connectivity index (χ0) is 20.5. The number of hydrogen-bond donors (Lipinski definition) is 1. The normalized spacial score (nSPS) is 49.2. The number of rotatable bonds is 2. The summed E-state index contributed by atoms with van der Waals surface area (Å²) in [6.45, 7) is 4.97. The minimum absolute atomic E-state index is 0.0595. The molecule has 8 nitrogen and oxygen atoms in total. The predicted octanol–water partition coefficient (Wildman–Crippen LogP) is 0.838. The van der Waals surface area contributed by atoms with Gasteiger partial charge in [-0.3, -0.25) is 9.59 Å². The van der Waals surface area contributed by atoms with E-state index in [2.05, 4.69) is 0 Å². The fourth-order valence-electron chi connectivity index (χ4n) is 5.45. The van der Waals surface area contributed by atoms with Crippen LogP contribution in [-0.2, 0) is 33.3 Å². The van der Waals surface area contributed by atoms with Gasteiger partial charge in [0, 0.05) is 20.0 Å². The first-order chi connectivity index (χ1) is 13.1. The van der Waals surface area contributed by atoms with Gasteiger partial charge < -0.3 is 24.1 Å². The van der Waals surface area contributed by atoms with Gasteiger partial charge in [0.05, 0.1) is 17.8 Å². The molecular weight excluding hydrogens is 368 g/mol. The average Bonchev–Trinajstić information content (AvgIpc) is 2.97. The molecule has 28 heavy (non-hydrogen) atoms. The summed E-state index contributed by atoms with van der Waals surface area (Å²) in [4.78, 5) is 38.8. The molecule has 4 heterocycles. The maximum absolute atomic E-state index is 13.5. The van der Waals surface area contributed by atoms with Crippen LogP contribution >= 0.6 is 0 Å². The lowest BCUT2D eigenvalue weighted by atomic mass is 9.63. The van der Waals surface area contributed by atoms with Crippen molar-refractivity contribution >= 4 is 17.7 Å². The van der Waals surface area contributed by atoms with Gasteiger partial charge in [0.2, 0.25) is 0 Å². The summed E-state index contributed by atoms with van der Waals surface area (Å²) in [6, 6.07) is 0. The van der Waals surface area contributed by atoms with E-state index in [1.54, 1.807) is 26.8 Å².